The standard InChI is InChI=1S/C13H12Br2N2O2S/c1-8-6-10(15)13(7-9(8)14)20(18,19)17-12-5-3-2-4-11(12)16/h2-7,17H,16H2,1H3. The van der Waals surface area contributed by atoms with Gasteiger partial charge in [0.15, 0.2) is 0 Å². The Morgan fingerprint density at radius 2 is 1.75 bits per heavy atom. The first-order valence-electron chi connectivity index (χ1n) is 5.64. The number of halogens is 2. The number of para-hydroxylation sites is 2. The highest BCUT2D eigenvalue weighted by Crippen LogP contribution is 2.30. The van der Waals surface area contributed by atoms with Gasteiger partial charge in [-0.2, -0.15) is 0 Å². The molecule has 0 spiro atoms. The summed E-state index contributed by atoms with van der Waals surface area (Å²) in [7, 11) is -3.71. The second-order valence-electron chi connectivity index (χ2n) is 4.22. The lowest BCUT2D eigenvalue weighted by Gasteiger charge is -2.12. The van der Waals surface area contributed by atoms with Gasteiger partial charge in [-0.1, -0.05) is 28.1 Å². The second-order valence-corrected chi connectivity index (χ2v) is 7.58. The van der Waals surface area contributed by atoms with Crippen LogP contribution in [0.25, 0.3) is 0 Å². The minimum atomic E-state index is -3.71. The molecule has 2 aromatic carbocycles. The van der Waals surface area contributed by atoms with E-state index in [4.69, 9.17) is 5.73 Å². The molecule has 0 radical (unpaired) electrons. The Morgan fingerprint density at radius 1 is 1.10 bits per heavy atom. The maximum atomic E-state index is 12.4. The lowest BCUT2D eigenvalue weighted by atomic mass is 10.2. The number of rotatable bonds is 3. The Hall–Kier alpha value is -1.05. The van der Waals surface area contributed by atoms with Gasteiger partial charge in [-0.15, -0.1) is 0 Å². The molecular formula is C13H12Br2N2O2S. The van der Waals surface area contributed by atoms with Crippen LogP contribution in [-0.2, 0) is 10.0 Å². The molecule has 0 aliphatic rings. The maximum absolute atomic E-state index is 12.4. The first-order valence-corrected chi connectivity index (χ1v) is 8.71. The van der Waals surface area contributed by atoms with Crippen molar-refractivity contribution in [1.82, 2.24) is 0 Å². The largest absolute Gasteiger partial charge is 0.397 e. The number of hydrogen-bond acceptors (Lipinski definition) is 3. The molecule has 0 bridgehead atoms. The van der Waals surface area contributed by atoms with Crippen molar-refractivity contribution in [3.63, 3.8) is 0 Å². The first-order chi connectivity index (χ1) is 9.31. The van der Waals surface area contributed by atoms with Gasteiger partial charge in [0.2, 0.25) is 0 Å². The highest BCUT2D eigenvalue weighted by Gasteiger charge is 2.20. The molecule has 0 saturated carbocycles. The number of sulfonamides is 1. The fourth-order valence-electron chi connectivity index (χ4n) is 1.62. The van der Waals surface area contributed by atoms with Crippen LogP contribution in [0.4, 0.5) is 11.4 Å². The fraction of sp³-hybridized carbons (Fsp3) is 0.0769. The molecule has 0 aliphatic carbocycles. The molecule has 4 nitrogen and oxygen atoms in total. The van der Waals surface area contributed by atoms with E-state index in [9.17, 15) is 8.42 Å². The summed E-state index contributed by atoms with van der Waals surface area (Å²) in [6, 6.07) is 10.0. The normalized spacial score (nSPS) is 11.3. The van der Waals surface area contributed by atoms with Crippen molar-refractivity contribution in [3.05, 3.63) is 50.9 Å². The third-order valence-electron chi connectivity index (χ3n) is 2.71. The summed E-state index contributed by atoms with van der Waals surface area (Å²) in [6.45, 7) is 1.88. The van der Waals surface area contributed by atoms with E-state index < -0.39 is 10.0 Å². The second kappa shape index (κ2) is 5.75. The average Bonchev–Trinajstić information content (AvgIpc) is 2.36. The van der Waals surface area contributed by atoms with Crippen LogP contribution >= 0.6 is 31.9 Å². The molecule has 0 fully saturated rings. The van der Waals surface area contributed by atoms with Crippen LogP contribution in [0.5, 0.6) is 0 Å². The van der Waals surface area contributed by atoms with E-state index in [1.165, 1.54) is 0 Å². The van der Waals surface area contributed by atoms with E-state index in [2.05, 4.69) is 36.6 Å². The highest BCUT2D eigenvalue weighted by molar-refractivity contribution is 9.11. The van der Waals surface area contributed by atoms with E-state index in [1.807, 2.05) is 6.92 Å². The number of nitrogen functional groups attached to an aromatic ring is 1. The minimum Gasteiger partial charge on any atom is -0.397 e. The maximum Gasteiger partial charge on any atom is 0.263 e. The van der Waals surface area contributed by atoms with Crippen molar-refractivity contribution in [2.24, 2.45) is 0 Å². The molecule has 0 amide bonds. The monoisotopic (exact) mass is 418 g/mol. The molecular weight excluding hydrogens is 408 g/mol. The van der Waals surface area contributed by atoms with Gasteiger partial charge < -0.3 is 5.73 Å². The molecule has 0 heterocycles. The number of hydrogen-bond donors (Lipinski definition) is 2. The molecule has 20 heavy (non-hydrogen) atoms. The zero-order valence-electron chi connectivity index (χ0n) is 10.5. The van der Waals surface area contributed by atoms with Crippen molar-refractivity contribution in [1.29, 1.82) is 0 Å². The van der Waals surface area contributed by atoms with Crippen LogP contribution in [-0.4, -0.2) is 8.42 Å². The van der Waals surface area contributed by atoms with Crippen molar-refractivity contribution < 1.29 is 8.42 Å². The van der Waals surface area contributed by atoms with E-state index in [-0.39, 0.29) is 4.90 Å². The van der Waals surface area contributed by atoms with E-state index in [0.717, 1.165) is 10.0 Å². The third-order valence-corrected chi connectivity index (χ3v) is 5.89. The predicted octanol–water partition coefficient (Wildman–Crippen LogP) is 3.90. The lowest BCUT2D eigenvalue weighted by Crippen LogP contribution is -2.14. The van der Waals surface area contributed by atoms with Gasteiger partial charge in [-0.25, -0.2) is 8.42 Å². The molecule has 0 unspecified atom stereocenters. The number of nitrogens with one attached hydrogen (secondary N) is 1. The van der Waals surface area contributed by atoms with Crippen LogP contribution in [0, 0.1) is 6.92 Å². The van der Waals surface area contributed by atoms with Crippen molar-refractivity contribution in [3.8, 4) is 0 Å². The molecule has 0 atom stereocenters. The molecule has 2 rings (SSSR count). The Morgan fingerprint density at radius 3 is 2.40 bits per heavy atom. The summed E-state index contributed by atoms with van der Waals surface area (Å²) in [5.74, 6) is 0. The van der Waals surface area contributed by atoms with Gasteiger partial charge >= 0.3 is 0 Å². The Kier molecular flexibility index (Phi) is 4.41. The Balaban J connectivity index is 2.47. The summed E-state index contributed by atoms with van der Waals surface area (Å²) in [5.41, 5.74) is 7.42. The quantitative estimate of drug-likeness (QED) is 0.741. The summed E-state index contributed by atoms with van der Waals surface area (Å²) in [6.07, 6.45) is 0. The van der Waals surface area contributed by atoms with Crippen LogP contribution < -0.4 is 10.5 Å². The summed E-state index contributed by atoms with van der Waals surface area (Å²) >= 11 is 6.61. The van der Waals surface area contributed by atoms with Crippen molar-refractivity contribution in [2.45, 2.75) is 11.8 Å². The summed E-state index contributed by atoms with van der Waals surface area (Å²) in [4.78, 5) is 0.151. The van der Waals surface area contributed by atoms with Crippen LogP contribution in [0.3, 0.4) is 0 Å². The van der Waals surface area contributed by atoms with E-state index >= 15 is 0 Å². The summed E-state index contributed by atoms with van der Waals surface area (Å²) in [5, 5.41) is 0. The predicted molar refractivity (Wildman–Crippen MR) is 88.2 cm³/mol. The number of benzene rings is 2. The molecule has 3 N–H and O–H groups in total. The van der Waals surface area contributed by atoms with Gasteiger partial charge in [0, 0.05) is 8.95 Å². The van der Waals surface area contributed by atoms with Gasteiger partial charge in [-0.3, -0.25) is 4.72 Å². The lowest BCUT2D eigenvalue weighted by molar-refractivity contribution is 0.600. The molecule has 106 valence electrons. The number of aryl methyl sites for hydroxylation is 1. The van der Waals surface area contributed by atoms with Gasteiger partial charge in [0.05, 0.1) is 11.4 Å². The van der Waals surface area contributed by atoms with Gasteiger partial charge in [0.25, 0.3) is 10.0 Å². The fourth-order valence-corrected chi connectivity index (χ4v) is 4.39. The smallest absolute Gasteiger partial charge is 0.263 e. The molecule has 2 aromatic rings. The van der Waals surface area contributed by atoms with Crippen molar-refractivity contribution in [2.75, 3.05) is 10.5 Å². The van der Waals surface area contributed by atoms with E-state index in [0.29, 0.717) is 15.8 Å². The van der Waals surface area contributed by atoms with Crippen LogP contribution in [0.15, 0.2) is 50.2 Å². The zero-order valence-corrected chi connectivity index (χ0v) is 14.5. The topological polar surface area (TPSA) is 72.2 Å². The van der Waals surface area contributed by atoms with Crippen LogP contribution in [0.1, 0.15) is 5.56 Å². The van der Waals surface area contributed by atoms with Crippen molar-refractivity contribution >= 4 is 53.3 Å². The molecule has 0 aromatic heterocycles. The third kappa shape index (κ3) is 3.16. The SMILES string of the molecule is Cc1cc(Br)c(S(=O)(=O)Nc2ccccc2N)cc1Br. The zero-order chi connectivity index (χ0) is 14.9. The average molecular weight is 420 g/mol. The molecule has 0 saturated heterocycles. The van der Waals surface area contributed by atoms with Gasteiger partial charge in [0.1, 0.15) is 4.90 Å². The first kappa shape index (κ1) is 15.3. The van der Waals surface area contributed by atoms with E-state index in [1.54, 1.807) is 36.4 Å². The Labute approximate surface area is 134 Å². The molecule has 7 heteroatoms. The highest BCUT2D eigenvalue weighted by atomic mass is 79.9. The number of anilines is 2. The summed E-state index contributed by atoms with van der Waals surface area (Å²) < 4.78 is 28.6. The molecule has 0 aliphatic heterocycles. The van der Waals surface area contributed by atoms with Crippen LogP contribution in [0.2, 0.25) is 0 Å². The number of nitrogens with two attached hydrogens (primary N) is 1. The van der Waals surface area contributed by atoms with Gasteiger partial charge in [-0.05, 0) is 52.7 Å². The Bertz CT molecular complexity index is 761. The minimum absolute atomic E-state index is 0.151.